The Kier molecular flexibility index (Phi) is 3.69. The van der Waals surface area contributed by atoms with Crippen LogP contribution in [0.2, 0.25) is 10.0 Å². The lowest BCUT2D eigenvalue weighted by molar-refractivity contribution is -0.124. The van der Waals surface area contributed by atoms with Crippen molar-refractivity contribution in [1.82, 2.24) is 10.6 Å². The van der Waals surface area contributed by atoms with Gasteiger partial charge in [-0.2, -0.15) is 0 Å². The van der Waals surface area contributed by atoms with Crippen molar-refractivity contribution in [2.75, 3.05) is 13.1 Å². The summed E-state index contributed by atoms with van der Waals surface area (Å²) >= 11 is 11.8. The number of rotatable bonds is 2. The Labute approximate surface area is 104 Å². The highest BCUT2D eigenvalue weighted by atomic mass is 35.5. The standard InChI is InChI=1S/C11H12Cl2N2O/c12-8-3-7(4-9(13)6-8)5-10-11(16)15-2-1-14-10/h3-4,6,10,14H,1-2,5H2,(H,15,16)/t10-/m1/s1. The smallest absolute Gasteiger partial charge is 0.237 e. The molecule has 0 radical (unpaired) electrons. The van der Waals surface area contributed by atoms with Gasteiger partial charge in [0.2, 0.25) is 5.91 Å². The summed E-state index contributed by atoms with van der Waals surface area (Å²) in [6.07, 6.45) is 0.603. The molecule has 1 aliphatic rings. The van der Waals surface area contributed by atoms with Crippen molar-refractivity contribution in [2.24, 2.45) is 0 Å². The van der Waals surface area contributed by atoms with Crippen molar-refractivity contribution in [1.29, 1.82) is 0 Å². The molecule has 1 aromatic rings. The maximum absolute atomic E-state index is 11.5. The summed E-state index contributed by atoms with van der Waals surface area (Å²) in [6.45, 7) is 1.48. The molecule has 0 spiro atoms. The fraction of sp³-hybridized carbons (Fsp3) is 0.364. The number of carbonyl (C=O) groups is 1. The van der Waals surface area contributed by atoms with Crippen LogP contribution in [0.4, 0.5) is 0 Å². The van der Waals surface area contributed by atoms with Crippen molar-refractivity contribution in [3.05, 3.63) is 33.8 Å². The van der Waals surface area contributed by atoms with Crippen molar-refractivity contribution < 1.29 is 4.79 Å². The molecule has 0 saturated carbocycles. The van der Waals surface area contributed by atoms with Crippen molar-refractivity contribution in [3.8, 4) is 0 Å². The van der Waals surface area contributed by atoms with Crippen LogP contribution in [0.5, 0.6) is 0 Å². The molecule has 0 unspecified atom stereocenters. The van der Waals surface area contributed by atoms with Crippen LogP contribution in [-0.4, -0.2) is 25.0 Å². The Balaban J connectivity index is 2.10. The molecule has 0 bridgehead atoms. The van der Waals surface area contributed by atoms with E-state index in [2.05, 4.69) is 10.6 Å². The fourth-order valence-corrected chi connectivity index (χ4v) is 2.35. The zero-order valence-corrected chi connectivity index (χ0v) is 10.1. The Morgan fingerprint density at radius 3 is 2.50 bits per heavy atom. The third-order valence-corrected chi connectivity index (χ3v) is 2.93. The van der Waals surface area contributed by atoms with Crippen LogP contribution < -0.4 is 10.6 Å². The van der Waals surface area contributed by atoms with Crippen molar-refractivity contribution >= 4 is 29.1 Å². The first-order chi connectivity index (χ1) is 7.65. The lowest BCUT2D eigenvalue weighted by Gasteiger charge is -2.23. The van der Waals surface area contributed by atoms with Gasteiger partial charge < -0.3 is 10.6 Å². The summed E-state index contributed by atoms with van der Waals surface area (Å²) in [5.41, 5.74) is 0.965. The predicted octanol–water partition coefficient (Wildman–Crippen LogP) is 1.62. The van der Waals surface area contributed by atoms with Gasteiger partial charge in [0, 0.05) is 23.1 Å². The topological polar surface area (TPSA) is 41.1 Å². The average molecular weight is 259 g/mol. The first-order valence-electron chi connectivity index (χ1n) is 5.11. The van der Waals surface area contributed by atoms with Crippen molar-refractivity contribution in [3.63, 3.8) is 0 Å². The lowest BCUT2D eigenvalue weighted by atomic mass is 10.0. The molecule has 1 atom stereocenters. The normalized spacial score (nSPS) is 20.6. The highest BCUT2D eigenvalue weighted by molar-refractivity contribution is 6.34. The third-order valence-electron chi connectivity index (χ3n) is 2.49. The van der Waals surface area contributed by atoms with Gasteiger partial charge in [0.1, 0.15) is 0 Å². The molecule has 2 N–H and O–H groups in total. The molecular weight excluding hydrogens is 247 g/mol. The number of amides is 1. The zero-order valence-electron chi connectivity index (χ0n) is 8.59. The predicted molar refractivity (Wildman–Crippen MR) is 65.0 cm³/mol. The summed E-state index contributed by atoms with van der Waals surface area (Å²) in [5, 5.41) is 7.16. The van der Waals surface area contributed by atoms with Gasteiger partial charge in [0.05, 0.1) is 6.04 Å². The third kappa shape index (κ3) is 2.88. The van der Waals surface area contributed by atoms with Crippen LogP contribution in [0, 0.1) is 0 Å². The number of nitrogens with one attached hydrogen (secondary N) is 2. The van der Waals surface area contributed by atoms with Gasteiger partial charge in [-0.25, -0.2) is 0 Å². The molecule has 86 valence electrons. The number of carbonyl (C=O) groups excluding carboxylic acids is 1. The summed E-state index contributed by atoms with van der Waals surface area (Å²) in [5.74, 6) is 0.0300. The number of hydrogen-bond donors (Lipinski definition) is 2. The molecule has 1 amide bonds. The van der Waals surface area contributed by atoms with Crippen LogP contribution >= 0.6 is 23.2 Å². The van der Waals surface area contributed by atoms with Crippen molar-refractivity contribution in [2.45, 2.75) is 12.5 Å². The molecule has 2 rings (SSSR count). The molecule has 1 saturated heterocycles. The quantitative estimate of drug-likeness (QED) is 0.847. The molecular formula is C11H12Cl2N2O. The number of benzene rings is 1. The Bertz CT molecular complexity index is 389. The minimum Gasteiger partial charge on any atom is -0.353 e. The first kappa shape index (κ1) is 11.7. The van der Waals surface area contributed by atoms with Gasteiger partial charge in [0.15, 0.2) is 0 Å². The number of piperazine rings is 1. The molecule has 3 nitrogen and oxygen atoms in total. The summed E-state index contributed by atoms with van der Waals surface area (Å²) in [7, 11) is 0. The van der Waals surface area contributed by atoms with Gasteiger partial charge in [0.25, 0.3) is 0 Å². The highest BCUT2D eigenvalue weighted by Crippen LogP contribution is 2.20. The highest BCUT2D eigenvalue weighted by Gasteiger charge is 2.21. The van der Waals surface area contributed by atoms with E-state index in [9.17, 15) is 4.79 Å². The molecule has 16 heavy (non-hydrogen) atoms. The van der Waals surface area contributed by atoms with E-state index in [1.54, 1.807) is 6.07 Å². The molecule has 1 fully saturated rings. The second-order valence-corrected chi connectivity index (χ2v) is 4.65. The van der Waals surface area contributed by atoms with E-state index < -0.39 is 0 Å². The average Bonchev–Trinajstić information content (AvgIpc) is 2.20. The van der Waals surface area contributed by atoms with Crippen LogP contribution in [0.1, 0.15) is 5.56 Å². The number of halogens is 2. The summed E-state index contributed by atoms with van der Waals surface area (Å²) in [6, 6.07) is 5.15. The molecule has 0 aliphatic carbocycles. The summed E-state index contributed by atoms with van der Waals surface area (Å²) < 4.78 is 0. The SMILES string of the molecule is O=C1NCCN[C@@H]1Cc1cc(Cl)cc(Cl)c1. The van der Waals surface area contributed by atoms with E-state index >= 15 is 0 Å². The Morgan fingerprint density at radius 2 is 1.88 bits per heavy atom. The molecule has 0 aromatic heterocycles. The summed E-state index contributed by atoms with van der Waals surface area (Å²) in [4.78, 5) is 11.5. The van der Waals surface area contributed by atoms with Gasteiger partial charge in [-0.05, 0) is 30.2 Å². The zero-order chi connectivity index (χ0) is 11.5. The first-order valence-corrected chi connectivity index (χ1v) is 5.87. The van der Waals surface area contributed by atoms with Gasteiger partial charge in [-0.1, -0.05) is 23.2 Å². The van der Waals surface area contributed by atoms with Gasteiger partial charge in [-0.3, -0.25) is 4.79 Å². The van der Waals surface area contributed by atoms with Crippen LogP contribution in [-0.2, 0) is 11.2 Å². The van der Waals surface area contributed by atoms with E-state index in [1.807, 2.05) is 12.1 Å². The second-order valence-electron chi connectivity index (χ2n) is 3.78. The monoisotopic (exact) mass is 258 g/mol. The van der Waals surface area contributed by atoms with E-state index in [1.165, 1.54) is 0 Å². The molecule has 1 heterocycles. The van der Waals surface area contributed by atoms with Gasteiger partial charge in [-0.15, -0.1) is 0 Å². The fourth-order valence-electron chi connectivity index (χ4n) is 1.78. The van der Waals surface area contributed by atoms with E-state index in [-0.39, 0.29) is 11.9 Å². The minimum atomic E-state index is -0.191. The van der Waals surface area contributed by atoms with E-state index in [4.69, 9.17) is 23.2 Å². The lowest BCUT2D eigenvalue weighted by Crippen LogP contribution is -2.53. The van der Waals surface area contributed by atoms with Gasteiger partial charge >= 0.3 is 0 Å². The Hall–Kier alpha value is -0.770. The maximum Gasteiger partial charge on any atom is 0.237 e. The second kappa shape index (κ2) is 5.04. The minimum absolute atomic E-state index is 0.0300. The van der Waals surface area contributed by atoms with Crippen LogP contribution in [0.3, 0.4) is 0 Å². The Morgan fingerprint density at radius 1 is 1.19 bits per heavy atom. The molecule has 1 aromatic carbocycles. The molecule has 1 aliphatic heterocycles. The number of hydrogen-bond acceptors (Lipinski definition) is 2. The molecule has 5 heteroatoms. The van der Waals surface area contributed by atoms with E-state index in [0.717, 1.165) is 12.1 Å². The van der Waals surface area contributed by atoms with E-state index in [0.29, 0.717) is 23.0 Å². The largest absolute Gasteiger partial charge is 0.353 e. The van der Waals surface area contributed by atoms with Crippen LogP contribution in [0.15, 0.2) is 18.2 Å². The maximum atomic E-state index is 11.5. The van der Waals surface area contributed by atoms with Crippen LogP contribution in [0.25, 0.3) is 0 Å².